The molecule has 6 nitrogen and oxygen atoms in total. The van der Waals surface area contributed by atoms with Gasteiger partial charge in [-0.1, -0.05) is 18.2 Å². The molecular formula is C18H25FN4O2. The monoisotopic (exact) mass is 348 g/mol. The number of nitrogens with zero attached hydrogens (tertiary/aromatic N) is 4. The van der Waals surface area contributed by atoms with Crippen molar-refractivity contribution in [1.29, 1.82) is 0 Å². The van der Waals surface area contributed by atoms with Crippen molar-refractivity contribution < 1.29 is 14.6 Å². The van der Waals surface area contributed by atoms with E-state index >= 15 is 0 Å². The Hall–Kier alpha value is -1.80. The molecular weight excluding hydrogens is 323 g/mol. The van der Waals surface area contributed by atoms with E-state index in [1.54, 1.807) is 22.9 Å². The van der Waals surface area contributed by atoms with Crippen LogP contribution < -0.4 is 0 Å². The van der Waals surface area contributed by atoms with Crippen molar-refractivity contribution in [1.82, 2.24) is 19.6 Å². The summed E-state index contributed by atoms with van der Waals surface area (Å²) in [6.07, 6.45) is 3.00. The fraction of sp³-hybridized carbons (Fsp3) is 0.500. The first-order valence-corrected chi connectivity index (χ1v) is 8.65. The standard InChI is InChI=1S/C18H25FN4O2/c19-17-4-2-1-3-16(17)18(25)14-22-7-5-21(6-8-22)12-15-11-20-23(13-15)9-10-24/h1-4,11,13,18,24-25H,5-10,12,14H2. The van der Waals surface area contributed by atoms with E-state index in [2.05, 4.69) is 14.9 Å². The molecule has 136 valence electrons. The number of β-amino-alcohol motifs (C(OH)–C–C–N with tert-alkyl or cyclic N) is 1. The Morgan fingerprint density at radius 3 is 2.56 bits per heavy atom. The molecule has 0 saturated carbocycles. The van der Waals surface area contributed by atoms with Crippen LogP contribution in [0.2, 0.25) is 0 Å². The molecule has 1 saturated heterocycles. The summed E-state index contributed by atoms with van der Waals surface area (Å²) in [5, 5.41) is 23.4. The Labute approximate surface area is 147 Å². The van der Waals surface area contributed by atoms with E-state index in [9.17, 15) is 9.50 Å². The van der Waals surface area contributed by atoms with Crippen LogP contribution in [0.15, 0.2) is 36.7 Å². The Morgan fingerprint density at radius 1 is 1.12 bits per heavy atom. The Kier molecular flexibility index (Phi) is 6.14. The van der Waals surface area contributed by atoms with Gasteiger partial charge >= 0.3 is 0 Å². The van der Waals surface area contributed by atoms with E-state index in [1.165, 1.54) is 6.07 Å². The summed E-state index contributed by atoms with van der Waals surface area (Å²) in [5.41, 5.74) is 1.49. The Morgan fingerprint density at radius 2 is 1.84 bits per heavy atom. The summed E-state index contributed by atoms with van der Waals surface area (Å²) < 4.78 is 15.5. The van der Waals surface area contributed by atoms with Crippen LogP contribution in [0.1, 0.15) is 17.2 Å². The van der Waals surface area contributed by atoms with Crippen molar-refractivity contribution in [3.63, 3.8) is 0 Å². The third kappa shape index (κ3) is 4.85. The number of piperazine rings is 1. The van der Waals surface area contributed by atoms with Crippen LogP contribution in [0.5, 0.6) is 0 Å². The number of hydrogen-bond donors (Lipinski definition) is 2. The van der Waals surface area contributed by atoms with Crippen molar-refractivity contribution in [2.45, 2.75) is 19.2 Å². The van der Waals surface area contributed by atoms with Gasteiger partial charge in [-0.25, -0.2) is 4.39 Å². The Balaban J connectivity index is 1.46. The number of aliphatic hydroxyl groups excluding tert-OH is 2. The second kappa shape index (κ2) is 8.53. The average Bonchev–Trinajstić information content (AvgIpc) is 3.04. The molecule has 1 aromatic carbocycles. The lowest BCUT2D eigenvalue weighted by Gasteiger charge is -2.35. The summed E-state index contributed by atoms with van der Waals surface area (Å²) in [6.45, 7) is 5.36. The van der Waals surface area contributed by atoms with Gasteiger partial charge in [0.15, 0.2) is 0 Å². The average molecular weight is 348 g/mol. The zero-order valence-electron chi connectivity index (χ0n) is 14.3. The first-order valence-electron chi connectivity index (χ1n) is 8.65. The van der Waals surface area contributed by atoms with Gasteiger partial charge in [0.1, 0.15) is 5.82 Å². The van der Waals surface area contributed by atoms with Gasteiger partial charge in [-0.05, 0) is 6.07 Å². The van der Waals surface area contributed by atoms with Gasteiger partial charge in [-0.15, -0.1) is 0 Å². The minimum Gasteiger partial charge on any atom is -0.394 e. The second-order valence-electron chi connectivity index (χ2n) is 6.45. The maximum atomic E-state index is 13.7. The summed E-state index contributed by atoms with van der Waals surface area (Å²) in [5.74, 6) is -0.353. The summed E-state index contributed by atoms with van der Waals surface area (Å²) in [6, 6.07) is 6.40. The zero-order chi connectivity index (χ0) is 17.6. The molecule has 1 fully saturated rings. The van der Waals surface area contributed by atoms with E-state index in [0.717, 1.165) is 38.3 Å². The number of aromatic nitrogens is 2. The molecule has 2 N–H and O–H groups in total. The second-order valence-corrected chi connectivity index (χ2v) is 6.45. The maximum Gasteiger partial charge on any atom is 0.129 e. The van der Waals surface area contributed by atoms with Crippen LogP contribution >= 0.6 is 0 Å². The summed E-state index contributed by atoms with van der Waals surface area (Å²) in [4.78, 5) is 4.51. The van der Waals surface area contributed by atoms with Gasteiger partial charge in [0, 0.05) is 56.6 Å². The molecule has 1 aliphatic heterocycles. The van der Waals surface area contributed by atoms with Crippen molar-refractivity contribution in [2.75, 3.05) is 39.3 Å². The number of halogens is 1. The smallest absolute Gasteiger partial charge is 0.129 e. The quantitative estimate of drug-likeness (QED) is 0.777. The molecule has 0 amide bonds. The van der Waals surface area contributed by atoms with Gasteiger partial charge in [0.2, 0.25) is 0 Å². The highest BCUT2D eigenvalue weighted by atomic mass is 19.1. The molecule has 3 rings (SSSR count). The molecule has 1 aliphatic rings. The first kappa shape index (κ1) is 18.0. The molecule has 1 unspecified atom stereocenters. The predicted octanol–water partition coefficient (Wildman–Crippen LogP) is 0.866. The van der Waals surface area contributed by atoms with Crippen LogP contribution in [0.3, 0.4) is 0 Å². The summed E-state index contributed by atoms with van der Waals surface area (Å²) in [7, 11) is 0. The molecule has 2 aromatic rings. The Bertz CT molecular complexity index is 671. The molecule has 1 aromatic heterocycles. The number of hydrogen-bond acceptors (Lipinski definition) is 5. The van der Waals surface area contributed by atoms with Crippen LogP contribution in [0, 0.1) is 5.82 Å². The lowest BCUT2D eigenvalue weighted by atomic mass is 10.1. The molecule has 2 heterocycles. The maximum absolute atomic E-state index is 13.7. The SMILES string of the molecule is OCCn1cc(CN2CCN(CC(O)c3ccccc3F)CC2)cn1. The van der Waals surface area contributed by atoms with Crippen molar-refractivity contribution in [3.8, 4) is 0 Å². The highest BCUT2D eigenvalue weighted by Crippen LogP contribution is 2.18. The predicted molar refractivity (Wildman–Crippen MR) is 92.4 cm³/mol. The van der Waals surface area contributed by atoms with Crippen LogP contribution in [-0.4, -0.2) is 69.1 Å². The minimum atomic E-state index is -0.801. The highest BCUT2D eigenvalue weighted by molar-refractivity contribution is 5.20. The van der Waals surface area contributed by atoms with E-state index in [0.29, 0.717) is 18.7 Å². The topological polar surface area (TPSA) is 64.8 Å². The molecule has 25 heavy (non-hydrogen) atoms. The molecule has 0 bridgehead atoms. The van der Waals surface area contributed by atoms with Crippen LogP contribution in [0.4, 0.5) is 4.39 Å². The number of aliphatic hydroxyl groups is 2. The van der Waals surface area contributed by atoms with Crippen molar-refractivity contribution >= 4 is 0 Å². The number of rotatable bonds is 7. The molecule has 0 radical (unpaired) electrons. The van der Waals surface area contributed by atoms with E-state index in [4.69, 9.17) is 5.11 Å². The van der Waals surface area contributed by atoms with Crippen molar-refractivity contribution in [2.24, 2.45) is 0 Å². The zero-order valence-corrected chi connectivity index (χ0v) is 14.3. The van der Waals surface area contributed by atoms with Gasteiger partial charge < -0.3 is 10.2 Å². The first-order chi connectivity index (χ1) is 12.2. The lowest BCUT2D eigenvalue weighted by molar-refractivity contribution is 0.0685. The third-order valence-electron chi connectivity index (χ3n) is 4.58. The van der Waals surface area contributed by atoms with Crippen LogP contribution in [-0.2, 0) is 13.1 Å². The fourth-order valence-electron chi connectivity index (χ4n) is 3.19. The van der Waals surface area contributed by atoms with Gasteiger partial charge in [-0.3, -0.25) is 14.5 Å². The minimum absolute atomic E-state index is 0.0874. The molecule has 0 aliphatic carbocycles. The van der Waals surface area contributed by atoms with Gasteiger partial charge in [0.25, 0.3) is 0 Å². The number of benzene rings is 1. The van der Waals surface area contributed by atoms with Gasteiger partial charge in [-0.2, -0.15) is 5.10 Å². The molecule has 1 atom stereocenters. The van der Waals surface area contributed by atoms with E-state index in [-0.39, 0.29) is 12.4 Å². The van der Waals surface area contributed by atoms with Gasteiger partial charge in [0.05, 0.1) is 25.5 Å². The van der Waals surface area contributed by atoms with Crippen molar-refractivity contribution in [3.05, 3.63) is 53.6 Å². The molecule has 0 spiro atoms. The van der Waals surface area contributed by atoms with Crippen LogP contribution in [0.25, 0.3) is 0 Å². The lowest BCUT2D eigenvalue weighted by Crippen LogP contribution is -2.47. The fourth-order valence-corrected chi connectivity index (χ4v) is 3.19. The summed E-state index contributed by atoms with van der Waals surface area (Å²) >= 11 is 0. The normalized spacial score (nSPS) is 17.7. The molecule has 7 heteroatoms. The largest absolute Gasteiger partial charge is 0.394 e. The van der Waals surface area contributed by atoms with E-state index in [1.807, 2.05) is 12.4 Å². The highest BCUT2D eigenvalue weighted by Gasteiger charge is 2.21. The third-order valence-corrected chi connectivity index (χ3v) is 4.58. The van der Waals surface area contributed by atoms with E-state index < -0.39 is 6.10 Å².